The molecule has 0 saturated carbocycles. The molecule has 2 saturated heterocycles. The highest BCUT2D eigenvalue weighted by atomic mass is 16.7. The first kappa shape index (κ1) is 10.1. The Hall–Kier alpha value is -1.10. The second-order valence-corrected chi connectivity index (χ2v) is 3.88. The first-order chi connectivity index (χ1) is 7.93. The van der Waals surface area contributed by atoms with E-state index in [1.807, 2.05) is 24.3 Å². The van der Waals surface area contributed by atoms with E-state index in [1.54, 1.807) is 0 Å². The molecule has 0 radical (unpaired) electrons. The predicted molar refractivity (Wildman–Crippen MR) is 56.3 cm³/mol. The van der Waals surface area contributed by atoms with Gasteiger partial charge in [-0.3, -0.25) is 0 Å². The van der Waals surface area contributed by atoms with E-state index in [4.69, 9.17) is 18.9 Å². The minimum atomic E-state index is -0.281. The molecular weight excluding hydrogens is 208 g/mol. The summed E-state index contributed by atoms with van der Waals surface area (Å²) >= 11 is 0. The second-order valence-electron chi connectivity index (χ2n) is 3.88. The number of para-hydroxylation sites is 1. The third kappa shape index (κ3) is 2.19. The lowest BCUT2D eigenvalue weighted by molar-refractivity contribution is -0.0458. The summed E-state index contributed by atoms with van der Waals surface area (Å²) in [5.74, 6) is 0.824. The maximum absolute atomic E-state index is 5.69. The van der Waals surface area contributed by atoms with Crippen LogP contribution >= 0.6 is 0 Å². The molecule has 2 fully saturated rings. The van der Waals surface area contributed by atoms with E-state index in [0.717, 1.165) is 17.9 Å². The van der Waals surface area contributed by atoms with Gasteiger partial charge in [0.25, 0.3) is 0 Å². The highest BCUT2D eigenvalue weighted by Gasteiger charge is 2.25. The molecule has 1 unspecified atom stereocenters. The Morgan fingerprint density at radius 1 is 1.12 bits per heavy atom. The Kier molecular flexibility index (Phi) is 2.78. The normalized spacial score (nSPS) is 24.6. The van der Waals surface area contributed by atoms with Gasteiger partial charge in [-0.15, -0.1) is 0 Å². The summed E-state index contributed by atoms with van der Waals surface area (Å²) in [4.78, 5) is 0. The van der Waals surface area contributed by atoms with Crippen molar-refractivity contribution in [2.75, 3.05) is 26.4 Å². The highest BCUT2D eigenvalue weighted by Crippen LogP contribution is 2.31. The van der Waals surface area contributed by atoms with Crippen molar-refractivity contribution in [1.82, 2.24) is 0 Å². The van der Waals surface area contributed by atoms with Gasteiger partial charge in [-0.2, -0.15) is 0 Å². The number of hydrogen-bond donors (Lipinski definition) is 0. The lowest BCUT2D eigenvalue weighted by atomic mass is 10.2. The van der Waals surface area contributed by atoms with Gasteiger partial charge in [0.2, 0.25) is 0 Å². The fraction of sp³-hybridized carbons (Fsp3) is 0.500. The number of hydrogen-bond acceptors (Lipinski definition) is 4. The van der Waals surface area contributed by atoms with Crippen LogP contribution in [0.3, 0.4) is 0 Å². The smallest absolute Gasteiger partial charge is 0.187 e. The van der Waals surface area contributed by atoms with Crippen molar-refractivity contribution in [3.63, 3.8) is 0 Å². The van der Waals surface area contributed by atoms with Crippen LogP contribution in [0.1, 0.15) is 11.9 Å². The molecule has 2 aliphatic rings. The van der Waals surface area contributed by atoms with Crippen LogP contribution in [-0.4, -0.2) is 32.5 Å². The second kappa shape index (κ2) is 4.41. The third-order valence-corrected chi connectivity index (χ3v) is 2.62. The van der Waals surface area contributed by atoms with Crippen molar-refractivity contribution in [1.29, 1.82) is 0 Å². The zero-order chi connectivity index (χ0) is 10.8. The molecule has 1 aromatic carbocycles. The molecule has 0 bridgehead atoms. The molecule has 86 valence electrons. The van der Waals surface area contributed by atoms with Crippen LogP contribution in [0, 0.1) is 0 Å². The summed E-state index contributed by atoms with van der Waals surface area (Å²) in [6, 6.07) is 7.81. The first-order valence-corrected chi connectivity index (χ1v) is 5.50. The molecule has 16 heavy (non-hydrogen) atoms. The van der Waals surface area contributed by atoms with Crippen LogP contribution in [0.5, 0.6) is 5.75 Å². The van der Waals surface area contributed by atoms with Crippen LogP contribution < -0.4 is 4.74 Å². The minimum absolute atomic E-state index is 0.262. The number of benzene rings is 1. The summed E-state index contributed by atoms with van der Waals surface area (Å²) in [5, 5.41) is 0. The van der Waals surface area contributed by atoms with Crippen molar-refractivity contribution in [3.8, 4) is 5.75 Å². The van der Waals surface area contributed by atoms with Crippen molar-refractivity contribution < 1.29 is 18.9 Å². The molecule has 0 N–H and O–H groups in total. The lowest BCUT2D eigenvalue weighted by Crippen LogP contribution is -2.08. The largest absolute Gasteiger partial charge is 0.490 e. The topological polar surface area (TPSA) is 40.2 Å². The fourth-order valence-electron chi connectivity index (χ4n) is 1.69. The predicted octanol–water partition coefficient (Wildman–Crippen LogP) is 1.51. The summed E-state index contributed by atoms with van der Waals surface area (Å²) in [7, 11) is 0. The van der Waals surface area contributed by atoms with Gasteiger partial charge in [0.15, 0.2) is 6.29 Å². The summed E-state index contributed by atoms with van der Waals surface area (Å²) in [5.41, 5.74) is 0.959. The monoisotopic (exact) mass is 222 g/mol. The molecule has 2 aliphatic heterocycles. The summed E-state index contributed by atoms with van der Waals surface area (Å²) < 4.78 is 21.7. The molecule has 0 amide bonds. The number of epoxide rings is 1. The van der Waals surface area contributed by atoms with Gasteiger partial charge in [0.1, 0.15) is 18.5 Å². The third-order valence-electron chi connectivity index (χ3n) is 2.62. The van der Waals surface area contributed by atoms with Gasteiger partial charge in [0, 0.05) is 5.56 Å². The SMILES string of the molecule is c1ccc(C2OCCO2)c(OCC2CO2)c1. The number of rotatable bonds is 4. The van der Waals surface area contributed by atoms with E-state index in [2.05, 4.69) is 0 Å². The van der Waals surface area contributed by atoms with Crippen molar-refractivity contribution in [3.05, 3.63) is 29.8 Å². The first-order valence-electron chi connectivity index (χ1n) is 5.50. The molecular formula is C12H14O4. The van der Waals surface area contributed by atoms with Crippen LogP contribution in [0.15, 0.2) is 24.3 Å². The van der Waals surface area contributed by atoms with Crippen molar-refractivity contribution in [2.24, 2.45) is 0 Å². The van der Waals surface area contributed by atoms with Crippen molar-refractivity contribution >= 4 is 0 Å². The van der Waals surface area contributed by atoms with E-state index in [-0.39, 0.29) is 12.4 Å². The Morgan fingerprint density at radius 2 is 1.88 bits per heavy atom. The molecule has 0 spiro atoms. The van der Waals surface area contributed by atoms with Crippen molar-refractivity contribution in [2.45, 2.75) is 12.4 Å². The Morgan fingerprint density at radius 3 is 2.62 bits per heavy atom. The zero-order valence-electron chi connectivity index (χ0n) is 8.93. The van der Waals surface area contributed by atoms with Gasteiger partial charge in [-0.05, 0) is 6.07 Å². The average molecular weight is 222 g/mol. The summed E-state index contributed by atoms with van der Waals surface area (Å²) in [6.45, 7) is 2.69. The van der Waals surface area contributed by atoms with Crippen LogP contribution in [0.25, 0.3) is 0 Å². The van der Waals surface area contributed by atoms with Gasteiger partial charge in [0.05, 0.1) is 19.8 Å². The standard InChI is InChI=1S/C12H14O4/c1-2-4-11(16-8-9-7-15-9)10(3-1)12-13-5-6-14-12/h1-4,9,12H,5-8H2. The molecule has 0 aliphatic carbocycles. The maximum atomic E-state index is 5.69. The summed E-state index contributed by atoms with van der Waals surface area (Å²) in [6.07, 6.45) is -0.0187. The maximum Gasteiger partial charge on any atom is 0.187 e. The number of ether oxygens (including phenoxy) is 4. The van der Waals surface area contributed by atoms with Crippen LogP contribution in [-0.2, 0) is 14.2 Å². The van der Waals surface area contributed by atoms with Crippen LogP contribution in [0.4, 0.5) is 0 Å². The molecule has 1 atom stereocenters. The van der Waals surface area contributed by atoms with Gasteiger partial charge >= 0.3 is 0 Å². The van der Waals surface area contributed by atoms with E-state index >= 15 is 0 Å². The van der Waals surface area contributed by atoms with Gasteiger partial charge in [-0.1, -0.05) is 18.2 Å². The van der Waals surface area contributed by atoms with Gasteiger partial charge < -0.3 is 18.9 Å². The van der Waals surface area contributed by atoms with Crippen LogP contribution in [0.2, 0.25) is 0 Å². The molecule has 0 aromatic heterocycles. The highest BCUT2D eigenvalue weighted by molar-refractivity contribution is 5.34. The fourth-order valence-corrected chi connectivity index (χ4v) is 1.69. The molecule has 3 rings (SSSR count). The average Bonchev–Trinajstić information content (AvgIpc) is 3.00. The molecule has 4 heteroatoms. The zero-order valence-corrected chi connectivity index (χ0v) is 8.93. The minimum Gasteiger partial charge on any atom is -0.490 e. The van der Waals surface area contributed by atoms with E-state index in [1.165, 1.54) is 0 Å². The lowest BCUT2D eigenvalue weighted by Gasteiger charge is -2.14. The van der Waals surface area contributed by atoms with E-state index in [9.17, 15) is 0 Å². The van der Waals surface area contributed by atoms with Gasteiger partial charge in [-0.25, -0.2) is 0 Å². The molecule has 4 nitrogen and oxygen atoms in total. The quantitative estimate of drug-likeness (QED) is 0.724. The Bertz CT molecular complexity index is 356. The van der Waals surface area contributed by atoms with E-state index < -0.39 is 0 Å². The Labute approximate surface area is 94.1 Å². The Balaban J connectivity index is 1.73. The molecule has 1 aromatic rings. The molecule has 2 heterocycles. The van der Waals surface area contributed by atoms with E-state index in [0.29, 0.717) is 19.8 Å².